The van der Waals surface area contributed by atoms with Crippen molar-refractivity contribution in [3.63, 3.8) is 0 Å². The Morgan fingerprint density at radius 3 is 2.59 bits per heavy atom. The number of rotatable bonds is 6. The Morgan fingerprint density at radius 1 is 1.41 bits per heavy atom. The third-order valence-corrected chi connectivity index (χ3v) is 2.91. The van der Waals surface area contributed by atoms with Gasteiger partial charge in [-0.2, -0.15) is 0 Å². The van der Waals surface area contributed by atoms with E-state index in [1.807, 2.05) is 5.01 Å². The van der Waals surface area contributed by atoms with Gasteiger partial charge in [0, 0.05) is 19.5 Å². The van der Waals surface area contributed by atoms with Gasteiger partial charge in [-0.15, -0.1) is 0 Å². The first kappa shape index (κ1) is 14.4. The van der Waals surface area contributed by atoms with Gasteiger partial charge in [-0.05, 0) is 24.8 Å². The fraction of sp³-hybridized carbons (Fsp3) is 0.917. The minimum atomic E-state index is 0.0722. The van der Waals surface area contributed by atoms with Crippen molar-refractivity contribution in [2.24, 2.45) is 17.6 Å². The molecular formula is C12H25N3O2. The van der Waals surface area contributed by atoms with Crippen LogP contribution in [0.5, 0.6) is 0 Å². The minimum absolute atomic E-state index is 0.0722. The second kappa shape index (κ2) is 7.63. The largest absolute Gasteiger partial charge is 0.379 e. The smallest absolute Gasteiger partial charge is 0.234 e. The summed E-state index contributed by atoms with van der Waals surface area (Å²) in [5.74, 6) is 0.943. The van der Waals surface area contributed by atoms with Gasteiger partial charge in [-0.1, -0.05) is 13.8 Å². The van der Waals surface area contributed by atoms with Crippen molar-refractivity contribution >= 4 is 5.91 Å². The van der Waals surface area contributed by atoms with Gasteiger partial charge < -0.3 is 10.5 Å². The van der Waals surface area contributed by atoms with Gasteiger partial charge in [0.15, 0.2) is 0 Å². The van der Waals surface area contributed by atoms with E-state index in [1.54, 1.807) is 0 Å². The van der Waals surface area contributed by atoms with Crippen LogP contribution < -0.4 is 11.2 Å². The molecule has 0 radical (unpaired) electrons. The van der Waals surface area contributed by atoms with E-state index < -0.39 is 0 Å². The summed E-state index contributed by atoms with van der Waals surface area (Å²) in [5, 5.41) is 1.93. The van der Waals surface area contributed by atoms with Crippen molar-refractivity contribution in [3.8, 4) is 0 Å². The monoisotopic (exact) mass is 243 g/mol. The third-order valence-electron chi connectivity index (χ3n) is 2.91. The van der Waals surface area contributed by atoms with E-state index in [2.05, 4.69) is 19.3 Å². The number of nitrogens with two attached hydrogens (primary N) is 1. The number of nitrogens with one attached hydrogen (secondary N) is 1. The van der Waals surface area contributed by atoms with Crippen LogP contribution in [0, 0.1) is 11.8 Å². The summed E-state index contributed by atoms with van der Waals surface area (Å²) >= 11 is 0. The molecule has 1 aliphatic rings. The normalized spacial score (nSPS) is 19.3. The highest BCUT2D eigenvalue weighted by molar-refractivity contribution is 5.75. The molecule has 1 fully saturated rings. The predicted octanol–water partition coefficient (Wildman–Crippen LogP) is 0.361. The van der Waals surface area contributed by atoms with E-state index in [4.69, 9.17) is 10.5 Å². The molecule has 5 nitrogen and oxygen atoms in total. The average Bonchev–Trinajstić information content (AvgIpc) is 2.28. The first-order chi connectivity index (χ1) is 8.11. The molecule has 0 aliphatic carbocycles. The number of hydrogen-bond acceptors (Lipinski definition) is 4. The minimum Gasteiger partial charge on any atom is -0.379 e. The number of hydrogen-bond donors (Lipinski definition) is 2. The number of morpholine rings is 1. The van der Waals surface area contributed by atoms with Crippen molar-refractivity contribution in [3.05, 3.63) is 0 Å². The van der Waals surface area contributed by atoms with Crippen LogP contribution in [0.3, 0.4) is 0 Å². The van der Waals surface area contributed by atoms with E-state index in [9.17, 15) is 4.79 Å². The Bertz CT molecular complexity index is 228. The summed E-state index contributed by atoms with van der Waals surface area (Å²) in [6.07, 6.45) is 1.53. The predicted molar refractivity (Wildman–Crippen MR) is 67.2 cm³/mol. The van der Waals surface area contributed by atoms with Crippen LogP contribution in [0.1, 0.15) is 26.7 Å². The molecule has 0 aromatic rings. The maximum absolute atomic E-state index is 11.8. The van der Waals surface area contributed by atoms with Crippen molar-refractivity contribution in [2.45, 2.75) is 26.7 Å². The summed E-state index contributed by atoms with van der Waals surface area (Å²) in [4.78, 5) is 11.8. The topological polar surface area (TPSA) is 67.6 Å². The lowest BCUT2D eigenvalue weighted by Gasteiger charge is -2.27. The number of ether oxygens (including phenoxy) is 1. The standard InChI is InChI=1S/C12H25N3O2/c1-10(2)7-11(9-13)8-12(16)14-15-3-5-17-6-4-15/h10-11H,3-9,13H2,1-2H3,(H,14,16)/t11-/m0/s1. The van der Waals surface area contributed by atoms with Crippen molar-refractivity contribution in [1.82, 2.24) is 10.4 Å². The number of carbonyl (C=O) groups is 1. The highest BCUT2D eigenvalue weighted by Gasteiger charge is 2.17. The quantitative estimate of drug-likeness (QED) is 0.707. The third kappa shape index (κ3) is 6.00. The molecule has 0 bridgehead atoms. The number of hydrazine groups is 1. The summed E-state index contributed by atoms with van der Waals surface area (Å²) in [6, 6.07) is 0. The van der Waals surface area contributed by atoms with Gasteiger partial charge in [0.2, 0.25) is 5.91 Å². The van der Waals surface area contributed by atoms with Crippen LogP contribution in [-0.4, -0.2) is 43.8 Å². The molecule has 3 N–H and O–H groups in total. The molecule has 1 aliphatic heterocycles. The fourth-order valence-corrected chi connectivity index (χ4v) is 2.09. The average molecular weight is 243 g/mol. The molecule has 1 saturated heterocycles. The van der Waals surface area contributed by atoms with Crippen LogP contribution >= 0.6 is 0 Å². The van der Waals surface area contributed by atoms with Crippen molar-refractivity contribution in [2.75, 3.05) is 32.8 Å². The zero-order chi connectivity index (χ0) is 12.7. The Labute approximate surface area is 104 Å². The number of nitrogens with zero attached hydrogens (tertiary/aromatic N) is 1. The molecule has 1 heterocycles. The zero-order valence-corrected chi connectivity index (χ0v) is 10.9. The van der Waals surface area contributed by atoms with E-state index in [1.165, 1.54) is 0 Å². The summed E-state index contributed by atoms with van der Waals surface area (Å²) in [5.41, 5.74) is 8.60. The second-order valence-electron chi connectivity index (χ2n) is 5.07. The molecule has 0 unspecified atom stereocenters. The molecule has 0 spiro atoms. The molecule has 5 heteroatoms. The van der Waals surface area contributed by atoms with E-state index in [0.717, 1.165) is 19.5 Å². The Balaban J connectivity index is 2.26. The van der Waals surface area contributed by atoms with Gasteiger partial charge in [0.05, 0.1) is 13.2 Å². The number of carbonyl (C=O) groups excluding carboxylic acids is 1. The Kier molecular flexibility index (Phi) is 6.47. The lowest BCUT2D eigenvalue weighted by atomic mass is 9.94. The summed E-state index contributed by atoms with van der Waals surface area (Å²) in [6.45, 7) is 7.80. The molecule has 0 aromatic carbocycles. The van der Waals surface area contributed by atoms with Gasteiger partial charge in [0.1, 0.15) is 0 Å². The summed E-state index contributed by atoms with van der Waals surface area (Å²) < 4.78 is 5.22. The van der Waals surface area contributed by atoms with Gasteiger partial charge >= 0.3 is 0 Å². The van der Waals surface area contributed by atoms with Crippen LogP contribution in [0.25, 0.3) is 0 Å². The van der Waals surface area contributed by atoms with E-state index in [0.29, 0.717) is 32.1 Å². The highest BCUT2D eigenvalue weighted by atomic mass is 16.5. The second-order valence-corrected chi connectivity index (χ2v) is 5.07. The van der Waals surface area contributed by atoms with E-state index in [-0.39, 0.29) is 11.8 Å². The summed E-state index contributed by atoms with van der Waals surface area (Å²) in [7, 11) is 0. The number of amides is 1. The lowest BCUT2D eigenvalue weighted by molar-refractivity contribution is -0.129. The van der Waals surface area contributed by atoms with Crippen LogP contribution in [0.4, 0.5) is 0 Å². The Hall–Kier alpha value is -0.650. The molecule has 1 amide bonds. The van der Waals surface area contributed by atoms with Gasteiger partial charge in [-0.25, -0.2) is 5.01 Å². The fourth-order valence-electron chi connectivity index (χ4n) is 2.09. The molecule has 1 atom stereocenters. The Morgan fingerprint density at radius 2 is 2.06 bits per heavy atom. The van der Waals surface area contributed by atoms with Crippen LogP contribution in [-0.2, 0) is 9.53 Å². The van der Waals surface area contributed by atoms with E-state index >= 15 is 0 Å². The molecule has 100 valence electrons. The first-order valence-corrected chi connectivity index (χ1v) is 6.44. The first-order valence-electron chi connectivity index (χ1n) is 6.44. The highest BCUT2D eigenvalue weighted by Crippen LogP contribution is 2.14. The molecule has 17 heavy (non-hydrogen) atoms. The molecular weight excluding hydrogens is 218 g/mol. The molecule has 1 rings (SSSR count). The zero-order valence-electron chi connectivity index (χ0n) is 10.9. The van der Waals surface area contributed by atoms with Crippen LogP contribution in [0.2, 0.25) is 0 Å². The molecule has 0 saturated carbocycles. The van der Waals surface area contributed by atoms with Crippen molar-refractivity contribution in [1.29, 1.82) is 0 Å². The van der Waals surface area contributed by atoms with Gasteiger partial charge in [-0.3, -0.25) is 10.2 Å². The lowest BCUT2D eigenvalue weighted by Crippen LogP contribution is -2.48. The van der Waals surface area contributed by atoms with Crippen molar-refractivity contribution < 1.29 is 9.53 Å². The maximum atomic E-state index is 11.8. The molecule has 0 aromatic heterocycles. The van der Waals surface area contributed by atoms with Gasteiger partial charge in [0.25, 0.3) is 0 Å². The van der Waals surface area contributed by atoms with Crippen LogP contribution in [0.15, 0.2) is 0 Å². The SMILES string of the molecule is CC(C)C[C@H](CN)CC(=O)NN1CCOCC1. The maximum Gasteiger partial charge on any atom is 0.234 e.